The van der Waals surface area contributed by atoms with Crippen LogP contribution in [0.2, 0.25) is 0 Å². The van der Waals surface area contributed by atoms with Crippen molar-refractivity contribution in [3.63, 3.8) is 0 Å². The van der Waals surface area contributed by atoms with Crippen LogP contribution in [0, 0.1) is 5.92 Å². The molecule has 1 fully saturated rings. The maximum absolute atomic E-state index is 5.82. The Morgan fingerprint density at radius 2 is 2.33 bits per heavy atom. The van der Waals surface area contributed by atoms with Gasteiger partial charge in [0.05, 0.1) is 6.20 Å². The van der Waals surface area contributed by atoms with Gasteiger partial charge in [0.1, 0.15) is 11.8 Å². The van der Waals surface area contributed by atoms with Crippen LogP contribution < -0.4 is 10.5 Å². The number of rotatable bonds is 2. The lowest BCUT2D eigenvalue weighted by molar-refractivity contribution is 0.124. The predicted molar refractivity (Wildman–Crippen MR) is 59.7 cm³/mol. The Hall–Kier alpha value is -1.19. The molecule has 1 aliphatic rings. The Labute approximate surface area is 90.4 Å². The molecule has 15 heavy (non-hydrogen) atoms. The van der Waals surface area contributed by atoms with Crippen LogP contribution >= 0.6 is 0 Å². The van der Waals surface area contributed by atoms with Gasteiger partial charge >= 0.3 is 0 Å². The molecule has 1 aliphatic carbocycles. The smallest absolute Gasteiger partial charge is 0.256 e. The number of hydrogen-bond donors (Lipinski definition) is 1. The minimum absolute atomic E-state index is 0.297. The molecular formula is C11H19N3O. The van der Waals surface area contributed by atoms with Gasteiger partial charge in [-0.3, -0.25) is 4.68 Å². The van der Waals surface area contributed by atoms with Crippen molar-refractivity contribution < 1.29 is 4.74 Å². The first-order chi connectivity index (χ1) is 7.15. The van der Waals surface area contributed by atoms with Gasteiger partial charge in [0, 0.05) is 7.05 Å². The monoisotopic (exact) mass is 209 g/mol. The molecule has 2 unspecified atom stereocenters. The van der Waals surface area contributed by atoms with Crippen LogP contribution in [0.1, 0.15) is 32.6 Å². The summed E-state index contributed by atoms with van der Waals surface area (Å²) in [5, 5.41) is 4.20. The molecule has 4 heteroatoms. The van der Waals surface area contributed by atoms with Gasteiger partial charge in [-0.05, 0) is 25.2 Å². The first-order valence-electron chi connectivity index (χ1n) is 5.61. The second-order valence-corrected chi connectivity index (χ2v) is 4.57. The molecule has 0 aromatic carbocycles. The maximum Gasteiger partial charge on any atom is 0.256 e. The normalized spacial score (nSPS) is 26.5. The SMILES string of the molecule is CC1CCCC(Oc2nn(C)cc2N)C1. The van der Waals surface area contributed by atoms with Gasteiger partial charge in [-0.15, -0.1) is 5.10 Å². The third-order valence-electron chi connectivity index (χ3n) is 2.99. The third-order valence-corrected chi connectivity index (χ3v) is 2.99. The van der Waals surface area contributed by atoms with Gasteiger partial charge in [0.2, 0.25) is 0 Å². The number of aryl methyl sites for hydroxylation is 1. The van der Waals surface area contributed by atoms with Crippen LogP contribution in [0.25, 0.3) is 0 Å². The topological polar surface area (TPSA) is 53.1 Å². The zero-order valence-electron chi connectivity index (χ0n) is 9.44. The molecule has 1 saturated carbocycles. The third kappa shape index (κ3) is 2.43. The number of nitrogens with two attached hydrogens (primary N) is 1. The lowest BCUT2D eigenvalue weighted by Gasteiger charge is -2.26. The van der Waals surface area contributed by atoms with Gasteiger partial charge in [0.15, 0.2) is 0 Å². The minimum atomic E-state index is 0.297. The summed E-state index contributed by atoms with van der Waals surface area (Å²) in [6.07, 6.45) is 6.89. The van der Waals surface area contributed by atoms with Crippen LogP contribution in [0.3, 0.4) is 0 Å². The fourth-order valence-electron chi connectivity index (χ4n) is 2.22. The Morgan fingerprint density at radius 1 is 1.53 bits per heavy atom. The zero-order chi connectivity index (χ0) is 10.8. The van der Waals surface area contributed by atoms with Crippen molar-refractivity contribution in [3.05, 3.63) is 6.20 Å². The van der Waals surface area contributed by atoms with Crippen molar-refractivity contribution in [2.45, 2.75) is 38.7 Å². The molecule has 1 heterocycles. The number of nitrogens with zero attached hydrogens (tertiary/aromatic N) is 2. The van der Waals surface area contributed by atoms with E-state index in [1.807, 2.05) is 7.05 Å². The number of nitrogen functional groups attached to an aromatic ring is 1. The van der Waals surface area contributed by atoms with Crippen molar-refractivity contribution in [1.29, 1.82) is 0 Å². The molecule has 1 aromatic rings. The summed E-state index contributed by atoms with van der Waals surface area (Å²) < 4.78 is 7.51. The summed E-state index contributed by atoms with van der Waals surface area (Å²) in [5.74, 6) is 1.35. The van der Waals surface area contributed by atoms with E-state index in [2.05, 4.69) is 12.0 Å². The molecule has 2 N–H and O–H groups in total. The van der Waals surface area contributed by atoms with E-state index in [0.717, 1.165) is 18.8 Å². The van der Waals surface area contributed by atoms with Crippen molar-refractivity contribution in [2.75, 3.05) is 5.73 Å². The highest BCUT2D eigenvalue weighted by molar-refractivity contribution is 5.45. The number of aromatic nitrogens is 2. The van der Waals surface area contributed by atoms with Crippen molar-refractivity contribution in [2.24, 2.45) is 13.0 Å². The van der Waals surface area contributed by atoms with Crippen LogP contribution in [-0.4, -0.2) is 15.9 Å². The first kappa shape index (κ1) is 10.3. The van der Waals surface area contributed by atoms with E-state index in [9.17, 15) is 0 Å². The molecule has 0 radical (unpaired) electrons. The Kier molecular flexibility index (Phi) is 2.84. The van der Waals surface area contributed by atoms with Gasteiger partial charge in [-0.1, -0.05) is 13.3 Å². The zero-order valence-corrected chi connectivity index (χ0v) is 9.44. The second kappa shape index (κ2) is 4.13. The summed E-state index contributed by atoms with van der Waals surface area (Å²) in [7, 11) is 1.85. The van der Waals surface area contributed by atoms with E-state index >= 15 is 0 Å². The largest absolute Gasteiger partial charge is 0.472 e. The van der Waals surface area contributed by atoms with Crippen LogP contribution in [0.4, 0.5) is 5.69 Å². The molecule has 0 spiro atoms. The van der Waals surface area contributed by atoms with Crippen LogP contribution in [0.15, 0.2) is 6.20 Å². The average Bonchev–Trinajstić information content (AvgIpc) is 2.45. The van der Waals surface area contributed by atoms with Crippen LogP contribution in [0.5, 0.6) is 5.88 Å². The quantitative estimate of drug-likeness (QED) is 0.810. The predicted octanol–water partition coefficient (Wildman–Crippen LogP) is 1.96. The van der Waals surface area contributed by atoms with E-state index in [0.29, 0.717) is 17.7 Å². The van der Waals surface area contributed by atoms with E-state index in [-0.39, 0.29) is 0 Å². The molecule has 0 aliphatic heterocycles. The minimum Gasteiger partial charge on any atom is -0.472 e. The Bertz CT molecular complexity index is 335. The first-order valence-corrected chi connectivity index (χ1v) is 5.61. The maximum atomic E-state index is 5.82. The molecule has 0 bridgehead atoms. The number of anilines is 1. The van der Waals surface area contributed by atoms with Crippen molar-refractivity contribution in [1.82, 2.24) is 9.78 Å². The van der Waals surface area contributed by atoms with Gasteiger partial charge in [0.25, 0.3) is 5.88 Å². The summed E-state index contributed by atoms with van der Waals surface area (Å²) >= 11 is 0. The van der Waals surface area contributed by atoms with Crippen molar-refractivity contribution >= 4 is 5.69 Å². The Balaban J connectivity index is 1.99. The second-order valence-electron chi connectivity index (χ2n) is 4.57. The molecule has 4 nitrogen and oxygen atoms in total. The summed E-state index contributed by atoms with van der Waals surface area (Å²) in [4.78, 5) is 0. The lowest BCUT2D eigenvalue weighted by Crippen LogP contribution is -2.24. The highest BCUT2D eigenvalue weighted by Gasteiger charge is 2.21. The summed E-state index contributed by atoms with van der Waals surface area (Å²) in [6, 6.07) is 0. The highest BCUT2D eigenvalue weighted by Crippen LogP contribution is 2.28. The van der Waals surface area contributed by atoms with Crippen LogP contribution in [-0.2, 0) is 7.05 Å². The van der Waals surface area contributed by atoms with Crippen molar-refractivity contribution in [3.8, 4) is 5.88 Å². The molecule has 2 atom stereocenters. The van der Waals surface area contributed by atoms with E-state index in [1.54, 1.807) is 10.9 Å². The molecule has 0 saturated heterocycles. The number of hydrogen-bond acceptors (Lipinski definition) is 3. The van der Waals surface area contributed by atoms with Gasteiger partial charge < -0.3 is 10.5 Å². The molecule has 84 valence electrons. The average molecular weight is 209 g/mol. The summed E-state index contributed by atoms with van der Waals surface area (Å²) in [5.41, 5.74) is 6.42. The Morgan fingerprint density at radius 3 is 2.93 bits per heavy atom. The standard InChI is InChI=1S/C11H19N3O/c1-8-4-3-5-9(6-8)15-11-10(12)7-14(2)13-11/h7-9H,3-6,12H2,1-2H3. The van der Waals surface area contributed by atoms with E-state index < -0.39 is 0 Å². The lowest BCUT2D eigenvalue weighted by atomic mass is 9.89. The highest BCUT2D eigenvalue weighted by atomic mass is 16.5. The fraction of sp³-hybridized carbons (Fsp3) is 0.727. The number of ether oxygens (including phenoxy) is 1. The molecule has 1 aromatic heterocycles. The van der Waals surface area contributed by atoms with Gasteiger partial charge in [-0.25, -0.2) is 0 Å². The summed E-state index contributed by atoms with van der Waals surface area (Å²) in [6.45, 7) is 2.28. The fourth-order valence-corrected chi connectivity index (χ4v) is 2.22. The molecular weight excluding hydrogens is 190 g/mol. The molecule has 0 amide bonds. The van der Waals surface area contributed by atoms with E-state index in [1.165, 1.54) is 12.8 Å². The van der Waals surface area contributed by atoms with Gasteiger partial charge in [-0.2, -0.15) is 0 Å². The van der Waals surface area contributed by atoms with E-state index in [4.69, 9.17) is 10.5 Å². The molecule has 2 rings (SSSR count).